The van der Waals surface area contributed by atoms with E-state index < -0.39 is 24.0 Å². The van der Waals surface area contributed by atoms with E-state index in [9.17, 15) is 24.6 Å². The number of hydrogen-bond donors (Lipinski definition) is 5. The summed E-state index contributed by atoms with van der Waals surface area (Å²) in [5.41, 5.74) is 7.37. The maximum atomic E-state index is 12.5. The number of carboxylic acids is 1. The van der Waals surface area contributed by atoms with Crippen molar-refractivity contribution in [1.29, 1.82) is 0 Å². The van der Waals surface area contributed by atoms with Gasteiger partial charge in [-0.05, 0) is 104 Å². The van der Waals surface area contributed by atoms with Crippen LogP contribution in [0.2, 0.25) is 0 Å². The lowest BCUT2D eigenvalue weighted by Gasteiger charge is -2.20. The van der Waals surface area contributed by atoms with Crippen LogP contribution >= 0.6 is 0 Å². The molecule has 0 saturated heterocycles. The first-order chi connectivity index (χ1) is 28.7. The van der Waals surface area contributed by atoms with Crippen LogP contribution in [0.5, 0.6) is 17.2 Å². The van der Waals surface area contributed by atoms with Crippen LogP contribution < -0.4 is 24.8 Å². The number of aryl methyl sites for hydroxylation is 3. The van der Waals surface area contributed by atoms with Crippen LogP contribution in [0, 0.1) is 20.8 Å². The lowest BCUT2D eigenvalue weighted by molar-refractivity contribution is -0.138. The molecule has 0 bridgehead atoms. The monoisotopic (exact) mass is 820 g/mol. The molecule has 5 N–H and O–H groups in total. The van der Waals surface area contributed by atoms with Crippen molar-refractivity contribution in [2.24, 2.45) is 0 Å². The second kappa shape index (κ2) is 24.0. The lowest BCUT2D eigenvalue weighted by atomic mass is 9.97. The molecule has 0 radical (unpaired) electrons. The van der Waals surface area contributed by atoms with Gasteiger partial charge in [0.15, 0.2) is 0 Å². The molecule has 320 valence electrons. The van der Waals surface area contributed by atoms with Crippen LogP contribution in [-0.2, 0) is 14.4 Å². The van der Waals surface area contributed by atoms with Crippen molar-refractivity contribution in [2.45, 2.75) is 71.4 Å². The number of carbonyl (C=O) groups excluding carboxylic acids is 2. The summed E-state index contributed by atoms with van der Waals surface area (Å²) in [5.74, 6) is 0.0333. The number of rotatable bonds is 15. The minimum Gasteiger partial charge on any atom is -0.496 e. The fourth-order valence-electron chi connectivity index (χ4n) is 6.20. The number of amides is 2. The van der Waals surface area contributed by atoms with Crippen molar-refractivity contribution in [2.75, 3.05) is 34.5 Å². The SMILES string of the molecule is COc1cc(C(C)C(=O)O)ccc1C.COc1cc([C@@H](C)C(=O)N[C@@H](CO)c2ccccc2)ccc1C.COc1cc([C@H](C)C(=O)N[C@@H](CO)c2ccccc2)ccc1C. The van der Waals surface area contributed by atoms with E-state index in [0.717, 1.165) is 61.8 Å². The van der Waals surface area contributed by atoms with Gasteiger partial charge in [0.2, 0.25) is 11.8 Å². The Kier molecular flexibility index (Phi) is 19.3. The van der Waals surface area contributed by atoms with Crippen molar-refractivity contribution in [3.8, 4) is 17.2 Å². The average molecular weight is 821 g/mol. The summed E-state index contributed by atoms with van der Waals surface area (Å²) in [6.45, 7) is 10.9. The predicted molar refractivity (Wildman–Crippen MR) is 235 cm³/mol. The van der Waals surface area contributed by atoms with Gasteiger partial charge in [-0.15, -0.1) is 0 Å². The molecule has 0 spiro atoms. The first-order valence-electron chi connectivity index (χ1n) is 19.8. The second-order valence-electron chi connectivity index (χ2n) is 14.5. The number of hydrogen-bond acceptors (Lipinski definition) is 8. The zero-order chi connectivity index (χ0) is 44.4. The largest absolute Gasteiger partial charge is 0.496 e. The Morgan fingerprint density at radius 1 is 0.483 bits per heavy atom. The number of methoxy groups -OCH3 is 3. The van der Waals surface area contributed by atoms with Gasteiger partial charge in [0.1, 0.15) is 17.2 Å². The maximum absolute atomic E-state index is 12.5. The first-order valence-corrected chi connectivity index (χ1v) is 19.8. The third kappa shape index (κ3) is 13.7. The van der Waals surface area contributed by atoms with E-state index in [1.54, 1.807) is 34.3 Å². The Morgan fingerprint density at radius 2 is 0.783 bits per heavy atom. The maximum Gasteiger partial charge on any atom is 0.310 e. The Hall–Kier alpha value is -6.17. The van der Waals surface area contributed by atoms with Crippen molar-refractivity contribution in [1.82, 2.24) is 10.6 Å². The highest BCUT2D eigenvalue weighted by Gasteiger charge is 2.22. The van der Waals surface area contributed by atoms with Gasteiger partial charge < -0.3 is 40.2 Å². The molecule has 2 amide bonds. The van der Waals surface area contributed by atoms with Gasteiger partial charge in [0, 0.05) is 0 Å². The summed E-state index contributed by atoms with van der Waals surface area (Å²) in [6.07, 6.45) is 0. The Bertz CT molecular complexity index is 2010. The van der Waals surface area contributed by atoms with Gasteiger partial charge in [-0.25, -0.2) is 0 Å². The molecular formula is C49H60N2O9. The number of benzene rings is 5. The minimum atomic E-state index is -0.823. The Labute approximate surface area is 354 Å². The molecule has 0 aliphatic heterocycles. The van der Waals surface area contributed by atoms with Crippen LogP contribution in [0.4, 0.5) is 0 Å². The first kappa shape index (κ1) is 48.2. The highest BCUT2D eigenvalue weighted by molar-refractivity contribution is 5.84. The molecule has 11 nitrogen and oxygen atoms in total. The number of carboxylic acid groups (broad SMARTS) is 1. The standard InChI is InChI=1S/2C19H23NO3.C11H14O3/c2*1-13-9-10-16(11-18(13)23-3)14(2)19(22)20-17(12-21)15-7-5-4-6-8-15;1-7-4-5-9(6-10(7)14-3)8(2)11(12)13/h2*4-11,14,17,21H,12H2,1-3H3,(H,20,22);4-6,8H,1-3H3,(H,12,13)/t14-,17+;14-,17-;/m10./s1. The summed E-state index contributed by atoms with van der Waals surface area (Å²) in [4.78, 5) is 35.8. The molecule has 0 saturated carbocycles. The number of ether oxygens (including phenoxy) is 3. The normalized spacial score (nSPS) is 13.0. The predicted octanol–water partition coefficient (Wildman–Crippen LogP) is 8.11. The van der Waals surface area contributed by atoms with Gasteiger partial charge in [-0.1, -0.05) is 97.1 Å². The van der Waals surface area contributed by atoms with Gasteiger partial charge in [-0.3, -0.25) is 14.4 Å². The van der Waals surface area contributed by atoms with Gasteiger partial charge in [-0.2, -0.15) is 0 Å². The van der Waals surface area contributed by atoms with E-state index in [0.29, 0.717) is 0 Å². The van der Waals surface area contributed by atoms with Gasteiger partial charge in [0.25, 0.3) is 0 Å². The van der Waals surface area contributed by atoms with E-state index in [1.165, 1.54) is 0 Å². The van der Waals surface area contributed by atoms with Crippen LogP contribution in [0.15, 0.2) is 115 Å². The average Bonchev–Trinajstić information content (AvgIpc) is 3.27. The molecular weight excluding hydrogens is 761 g/mol. The number of aliphatic hydroxyl groups excluding tert-OH is 2. The fraction of sp³-hybridized carbons (Fsp3) is 0.327. The van der Waals surface area contributed by atoms with Gasteiger partial charge >= 0.3 is 5.97 Å². The highest BCUT2D eigenvalue weighted by atomic mass is 16.5. The van der Waals surface area contributed by atoms with Crippen LogP contribution in [-0.4, -0.2) is 67.6 Å². The zero-order valence-electron chi connectivity index (χ0n) is 36.1. The molecule has 5 atom stereocenters. The second-order valence-corrected chi connectivity index (χ2v) is 14.5. The summed E-state index contributed by atoms with van der Waals surface area (Å²) < 4.78 is 15.8. The number of nitrogens with one attached hydrogen (secondary N) is 2. The molecule has 5 aromatic rings. The molecule has 0 fully saturated rings. The minimum absolute atomic E-state index is 0.126. The third-order valence-corrected chi connectivity index (χ3v) is 10.4. The van der Waals surface area contributed by atoms with E-state index in [1.807, 2.05) is 144 Å². The smallest absolute Gasteiger partial charge is 0.310 e. The molecule has 5 rings (SSSR count). The van der Waals surface area contributed by atoms with Crippen LogP contribution in [0.3, 0.4) is 0 Å². The molecule has 1 unspecified atom stereocenters. The fourth-order valence-corrected chi connectivity index (χ4v) is 6.20. The quantitative estimate of drug-likeness (QED) is 0.0702. The van der Waals surface area contributed by atoms with Crippen molar-refractivity contribution in [3.63, 3.8) is 0 Å². The van der Waals surface area contributed by atoms with E-state index in [2.05, 4.69) is 10.6 Å². The number of aliphatic hydroxyl groups is 2. The van der Waals surface area contributed by atoms with Crippen molar-refractivity contribution in [3.05, 3.63) is 160 Å². The van der Waals surface area contributed by atoms with Crippen LogP contribution in [0.1, 0.15) is 95.1 Å². The third-order valence-electron chi connectivity index (χ3n) is 10.4. The lowest BCUT2D eigenvalue weighted by Crippen LogP contribution is -2.33. The Morgan fingerprint density at radius 3 is 1.05 bits per heavy atom. The van der Waals surface area contributed by atoms with E-state index >= 15 is 0 Å². The molecule has 0 aliphatic rings. The molecule has 0 aromatic heterocycles. The topological polar surface area (TPSA) is 164 Å². The summed E-state index contributed by atoms with van der Waals surface area (Å²) in [6, 6.07) is 35.1. The summed E-state index contributed by atoms with van der Waals surface area (Å²) >= 11 is 0. The summed E-state index contributed by atoms with van der Waals surface area (Å²) in [5, 5.41) is 33.8. The molecule has 0 aliphatic carbocycles. The van der Waals surface area contributed by atoms with Gasteiger partial charge in [0.05, 0.1) is 64.4 Å². The molecule has 0 heterocycles. The number of aliphatic carboxylic acids is 1. The van der Waals surface area contributed by atoms with E-state index in [-0.39, 0.29) is 36.9 Å². The summed E-state index contributed by atoms with van der Waals surface area (Å²) in [7, 11) is 4.82. The van der Waals surface area contributed by atoms with E-state index in [4.69, 9.17) is 19.3 Å². The Balaban J connectivity index is 0.000000248. The molecule has 5 aromatic carbocycles. The van der Waals surface area contributed by atoms with Crippen molar-refractivity contribution < 1.29 is 43.9 Å². The highest BCUT2D eigenvalue weighted by Crippen LogP contribution is 2.27. The molecule has 60 heavy (non-hydrogen) atoms. The van der Waals surface area contributed by atoms with Crippen LogP contribution in [0.25, 0.3) is 0 Å². The molecule has 11 heteroatoms. The van der Waals surface area contributed by atoms with Crippen molar-refractivity contribution >= 4 is 17.8 Å². The number of carbonyl (C=O) groups is 3. The zero-order valence-corrected chi connectivity index (χ0v) is 36.1.